The Labute approximate surface area is 98.9 Å². The number of hydrogen-bond acceptors (Lipinski definition) is 5. The van der Waals surface area contributed by atoms with E-state index >= 15 is 0 Å². The van der Waals surface area contributed by atoms with Crippen molar-refractivity contribution in [1.82, 2.24) is 5.06 Å². The van der Waals surface area contributed by atoms with Crippen LogP contribution in [0.5, 0.6) is 0 Å². The van der Waals surface area contributed by atoms with Crippen molar-refractivity contribution in [3.05, 3.63) is 27.6 Å². The molecule has 0 saturated carbocycles. The van der Waals surface area contributed by atoms with Gasteiger partial charge in [-0.1, -0.05) is 0 Å². The normalized spacial score (nSPS) is 14.6. The summed E-state index contributed by atoms with van der Waals surface area (Å²) in [6.45, 7) is 0.395. The lowest BCUT2D eigenvalue weighted by Gasteiger charge is -2.17. The van der Waals surface area contributed by atoms with Gasteiger partial charge in [0.05, 0.1) is 13.7 Å². The van der Waals surface area contributed by atoms with Crippen molar-refractivity contribution in [2.45, 2.75) is 6.54 Å². The Hall–Kier alpha value is -0.850. The van der Waals surface area contributed by atoms with E-state index in [1.165, 1.54) is 18.4 Å². The molecule has 1 aromatic rings. The molecular formula is C9H8BrNO3S. The fraction of sp³-hybridized carbons (Fsp3) is 0.222. The second-order valence-corrected chi connectivity index (χ2v) is 5.00. The van der Waals surface area contributed by atoms with E-state index in [1.54, 1.807) is 12.3 Å². The first kappa shape index (κ1) is 10.7. The van der Waals surface area contributed by atoms with Gasteiger partial charge in [-0.25, -0.2) is 4.79 Å². The second-order valence-electron chi connectivity index (χ2n) is 3.01. The zero-order chi connectivity index (χ0) is 11.0. The zero-order valence-corrected chi connectivity index (χ0v) is 10.3. The number of halogens is 1. The molecule has 0 spiro atoms. The van der Waals surface area contributed by atoms with Gasteiger partial charge in [0, 0.05) is 21.1 Å². The lowest BCUT2D eigenvalue weighted by molar-refractivity contribution is -0.0487. The van der Waals surface area contributed by atoms with Gasteiger partial charge in [-0.15, -0.1) is 11.3 Å². The molecule has 1 aliphatic heterocycles. The molecule has 80 valence electrons. The molecule has 6 heteroatoms. The minimum atomic E-state index is -0.348. The van der Waals surface area contributed by atoms with Crippen LogP contribution in [-0.4, -0.2) is 23.3 Å². The van der Waals surface area contributed by atoms with Crippen LogP contribution in [0.3, 0.4) is 0 Å². The number of esters is 1. The zero-order valence-electron chi connectivity index (χ0n) is 7.86. The topological polar surface area (TPSA) is 49.8 Å². The number of rotatable bonds is 1. The maximum atomic E-state index is 11.3. The van der Waals surface area contributed by atoms with E-state index in [1.807, 2.05) is 0 Å². The molecule has 2 rings (SSSR count). The first-order chi connectivity index (χ1) is 7.11. The molecule has 1 N–H and O–H groups in total. The third kappa shape index (κ3) is 1.92. The molecule has 1 aliphatic rings. The van der Waals surface area contributed by atoms with Crippen molar-refractivity contribution < 1.29 is 14.7 Å². The lowest BCUT2D eigenvalue weighted by Crippen LogP contribution is -2.14. The van der Waals surface area contributed by atoms with E-state index in [4.69, 9.17) is 0 Å². The summed E-state index contributed by atoms with van der Waals surface area (Å²) in [6, 6.07) is 1.76. The average Bonchev–Trinajstić information content (AvgIpc) is 2.60. The molecule has 0 unspecified atom stereocenters. The number of methoxy groups -OCH3 is 1. The van der Waals surface area contributed by atoms with Gasteiger partial charge in [0.25, 0.3) is 0 Å². The van der Waals surface area contributed by atoms with Gasteiger partial charge >= 0.3 is 5.97 Å². The van der Waals surface area contributed by atoms with Crippen LogP contribution in [0.4, 0.5) is 0 Å². The van der Waals surface area contributed by atoms with Crippen LogP contribution in [-0.2, 0) is 11.3 Å². The van der Waals surface area contributed by atoms with Gasteiger partial charge in [0.15, 0.2) is 0 Å². The van der Waals surface area contributed by atoms with Crippen molar-refractivity contribution in [3.8, 4) is 0 Å². The van der Waals surface area contributed by atoms with Crippen LogP contribution in [0.25, 0.3) is 4.48 Å². The molecule has 0 amide bonds. The minimum absolute atomic E-state index is 0.348. The third-order valence-corrected chi connectivity index (χ3v) is 3.75. The molecule has 1 aromatic heterocycles. The van der Waals surface area contributed by atoms with E-state index in [9.17, 15) is 10.0 Å². The minimum Gasteiger partial charge on any atom is -0.465 e. The summed E-state index contributed by atoms with van der Waals surface area (Å²) >= 11 is 4.65. The van der Waals surface area contributed by atoms with E-state index in [0.29, 0.717) is 11.4 Å². The van der Waals surface area contributed by atoms with Gasteiger partial charge in [-0.2, -0.15) is 0 Å². The molecule has 0 radical (unpaired) electrons. The highest BCUT2D eigenvalue weighted by molar-refractivity contribution is 9.15. The van der Waals surface area contributed by atoms with Crippen molar-refractivity contribution in [2.24, 2.45) is 0 Å². The van der Waals surface area contributed by atoms with E-state index in [0.717, 1.165) is 20.0 Å². The van der Waals surface area contributed by atoms with E-state index < -0.39 is 0 Å². The molecule has 0 aromatic carbocycles. The van der Waals surface area contributed by atoms with Crippen LogP contribution < -0.4 is 0 Å². The molecule has 0 fully saturated rings. The molecule has 0 aliphatic carbocycles. The third-order valence-electron chi connectivity index (χ3n) is 2.02. The summed E-state index contributed by atoms with van der Waals surface area (Å²) in [5.74, 6) is -0.348. The summed E-state index contributed by atoms with van der Waals surface area (Å²) in [5.41, 5.74) is 0.936. The number of nitrogens with zero attached hydrogens (tertiary/aromatic N) is 1. The number of fused-ring (bicyclic) bond motifs is 1. The number of ether oxygens (including phenoxy) is 1. The summed E-state index contributed by atoms with van der Waals surface area (Å²) in [7, 11) is 1.35. The standard InChI is InChI=1S/C9H8BrNO3S/c1-14-9(12)7-2-5-6(10)3-11(13)4-8(5)15-7/h2-3,13H,4H2,1H3. The van der Waals surface area contributed by atoms with Crippen molar-refractivity contribution in [3.63, 3.8) is 0 Å². The van der Waals surface area contributed by atoms with Crippen LogP contribution in [0.2, 0.25) is 0 Å². The number of hydroxylamine groups is 2. The molecule has 2 heterocycles. The second kappa shape index (κ2) is 3.96. The quantitative estimate of drug-likeness (QED) is 0.807. The molecule has 0 atom stereocenters. The highest BCUT2D eigenvalue weighted by Gasteiger charge is 2.21. The Balaban J connectivity index is 2.41. The Morgan fingerprint density at radius 3 is 3.13 bits per heavy atom. The Bertz CT molecular complexity index is 441. The lowest BCUT2D eigenvalue weighted by atomic mass is 10.2. The molecule has 4 nitrogen and oxygen atoms in total. The van der Waals surface area contributed by atoms with Crippen LogP contribution >= 0.6 is 27.3 Å². The fourth-order valence-electron chi connectivity index (χ4n) is 1.34. The number of carbonyl (C=O) groups is 1. The number of thiophene rings is 1. The summed E-state index contributed by atoms with van der Waals surface area (Å²) in [4.78, 5) is 12.8. The Morgan fingerprint density at radius 2 is 2.47 bits per heavy atom. The SMILES string of the molecule is COC(=O)c1cc2c(s1)CN(O)C=C2Br. The smallest absolute Gasteiger partial charge is 0.348 e. The fourth-order valence-corrected chi connectivity index (χ4v) is 3.15. The van der Waals surface area contributed by atoms with Gasteiger partial charge in [-0.05, 0) is 22.0 Å². The van der Waals surface area contributed by atoms with E-state index in [-0.39, 0.29) is 5.97 Å². The van der Waals surface area contributed by atoms with Crippen molar-refractivity contribution >= 4 is 37.7 Å². The number of carbonyl (C=O) groups excluding carboxylic acids is 1. The highest BCUT2D eigenvalue weighted by atomic mass is 79.9. The molecule has 15 heavy (non-hydrogen) atoms. The first-order valence-corrected chi connectivity index (χ1v) is 5.77. The summed E-state index contributed by atoms with van der Waals surface area (Å²) in [6.07, 6.45) is 1.57. The summed E-state index contributed by atoms with van der Waals surface area (Å²) in [5, 5.41) is 10.4. The number of hydrogen-bond donors (Lipinski definition) is 1. The monoisotopic (exact) mass is 289 g/mol. The van der Waals surface area contributed by atoms with Gasteiger partial charge in [0.1, 0.15) is 4.88 Å². The first-order valence-electron chi connectivity index (χ1n) is 4.16. The Kier molecular flexibility index (Phi) is 2.81. The maximum absolute atomic E-state index is 11.3. The van der Waals surface area contributed by atoms with Gasteiger partial charge in [-0.3, -0.25) is 10.3 Å². The van der Waals surface area contributed by atoms with E-state index in [2.05, 4.69) is 20.7 Å². The largest absolute Gasteiger partial charge is 0.465 e. The predicted octanol–water partition coefficient (Wildman–Crippen LogP) is 2.43. The predicted molar refractivity (Wildman–Crippen MR) is 59.9 cm³/mol. The Morgan fingerprint density at radius 1 is 1.73 bits per heavy atom. The molecule has 0 bridgehead atoms. The van der Waals surface area contributed by atoms with Crippen LogP contribution in [0, 0.1) is 0 Å². The van der Waals surface area contributed by atoms with Crippen molar-refractivity contribution in [1.29, 1.82) is 0 Å². The molecule has 0 saturated heterocycles. The van der Waals surface area contributed by atoms with Crippen molar-refractivity contribution in [2.75, 3.05) is 7.11 Å². The van der Waals surface area contributed by atoms with Crippen LogP contribution in [0.15, 0.2) is 12.3 Å². The van der Waals surface area contributed by atoms with Gasteiger partial charge < -0.3 is 4.74 Å². The summed E-state index contributed by atoms with van der Waals surface area (Å²) < 4.78 is 5.40. The maximum Gasteiger partial charge on any atom is 0.348 e. The molecular weight excluding hydrogens is 282 g/mol. The average molecular weight is 290 g/mol. The van der Waals surface area contributed by atoms with Gasteiger partial charge in [0.2, 0.25) is 0 Å². The van der Waals surface area contributed by atoms with Crippen LogP contribution in [0.1, 0.15) is 20.1 Å². The highest BCUT2D eigenvalue weighted by Crippen LogP contribution is 2.36.